The molecule has 0 unspecified atom stereocenters. The van der Waals surface area contributed by atoms with Crippen LogP contribution >= 0.6 is 15.9 Å². The molecule has 2 aromatic carbocycles. The monoisotopic (exact) mass is 425 g/mol. The summed E-state index contributed by atoms with van der Waals surface area (Å²) in [7, 11) is -1.64. The average molecular weight is 426 g/mol. The lowest BCUT2D eigenvalue weighted by atomic mass is 10.3. The Hall–Kier alpha value is -1.94. The highest BCUT2D eigenvalue weighted by Crippen LogP contribution is 2.36. The zero-order valence-corrected chi connectivity index (χ0v) is 14.8. The average Bonchev–Trinajstić information content (AvgIpc) is 2.54. The minimum absolute atomic E-state index is 0.107. The number of ether oxygens (including phenoxy) is 2. The largest absolute Gasteiger partial charge is 0.493 e. The predicted molar refractivity (Wildman–Crippen MR) is 84.4 cm³/mol. The van der Waals surface area contributed by atoms with Crippen molar-refractivity contribution in [2.24, 2.45) is 0 Å². The van der Waals surface area contributed by atoms with Gasteiger partial charge in [-0.15, -0.1) is 0 Å². The second-order valence-corrected chi connectivity index (χ2v) is 6.97. The van der Waals surface area contributed by atoms with Crippen molar-refractivity contribution in [1.29, 1.82) is 0 Å². The summed E-state index contributed by atoms with van der Waals surface area (Å²) < 4.78 is 76.7. The van der Waals surface area contributed by atoms with Crippen molar-refractivity contribution in [3.63, 3.8) is 0 Å². The van der Waals surface area contributed by atoms with Gasteiger partial charge in [-0.3, -0.25) is 4.72 Å². The zero-order valence-electron chi connectivity index (χ0n) is 12.4. The van der Waals surface area contributed by atoms with Crippen molar-refractivity contribution in [3.05, 3.63) is 46.2 Å². The van der Waals surface area contributed by atoms with Crippen molar-refractivity contribution in [1.82, 2.24) is 0 Å². The maximum absolute atomic E-state index is 13.7. The van der Waals surface area contributed by atoms with Crippen molar-refractivity contribution < 1.29 is 31.1 Å². The van der Waals surface area contributed by atoms with Gasteiger partial charge >= 0.3 is 0 Å². The molecule has 0 saturated heterocycles. The van der Waals surface area contributed by atoms with Crippen LogP contribution in [0.25, 0.3) is 0 Å². The number of methoxy groups -OCH3 is 2. The molecule has 0 bridgehead atoms. The highest BCUT2D eigenvalue weighted by Gasteiger charge is 2.24. The summed E-state index contributed by atoms with van der Waals surface area (Å²) >= 11 is 3.06. The summed E-state index contributed by atoms with van der Waals surface area (Å²) in [4.78, 5) is -0.302. The van der Waals surface area contributed by atoms with Crippen LogP contribution in [0.5, 0.6) is 11.5 Å². The molecule has 5 nitrogen and oxygen atoms in total. The minimum atomic E-state index is -4.32. The van der Waals surface area contributed by atoms with E-state index in [9.17, 15) is 21.6 Å². The van der Waals surface area contributed by atoms with Crippen molar-refractivity contribution in [3.8, 4) is 11.5 Å². The van der Waals surface area contributed by atoms with E-state index >= 15 is 0 Å². The van der Waals surface area contributed by atoms with E-state index in [4.69, 9.17) is 9.47 Å². The number of hydrogen-bond acceptors (Lipinski definition) is 4. The topological polar surface area (TPSA) is 64.6 Å². The summed E-state index contributed by atoms with van der Waals surface area (Å²) in [5, 5.41) is 0. The standard InChI is InChI=1S/C14H11BrF3NO4S/c1-22-10-5-7(15)12(6-11(10)23-2)24(20,21)19-9-4-3-8(16)13(17)14(9)18/h3-6,19H,1-2H3. The lowest BCUT2D eigenvalue weighted by Gasteiger charge is -2.14. The maximum Gasteiger partial charge on any atom is 0.263 e. The van der Waals surface area contributed by atoms with Gasteiger partial charge < -0.3 is 9.47 Å². The first-order valence-corrected chi connectivity index (χ1v) is 8.56. The fourth-order valence-electron chi connectivity index (χ4n) is 1.85. The number of halogens is 4. The SMILES string of the molecule is COc1cc(Br)c(S(=O)(=O)Nc2ccc(F)c(F)c2F)cc1OC. The molecule has 0 aliphatic rings. The first kappa shape index (κ1) is 18.4. The summed E-state index contributed by atoms with van der Waals surface area (Å²) in [5.74, 6) is -4.46. The van der Waals surface area contributed by atoms with Crippen LogP contribution in [0.4, 0.5) is 18.9 Å². The van der Waals surface area contributed by atoms with Gasteiger partial charge in [0.1, 0.15) is 4.90 Å². The summed E-state index contributed by atoms with van der Waals surface area (Å²) in [6.45, 7) is 0. The van der Waals surface area contributed by atoms with Gasteiger partial charge in [-0.05, 0) is 34.1 Å². The molecule has 0 amide bonds. The number of hydrogen-bond donors (Lipinski definition) is 1. The van der Waals surface area contributed by atoms with Gasteiger partial charge in [0.05, 0.1) is 19.9 Å². The van der Waals surface area contributed by atoms with Crippen LogP contribution in [-0.4, -0.2) is 22.6 Å². The molecular formula is C14H11BrF3NO4S. The van der Waals surface area contributed by atoms with E-state index in [-0.39, 0.29) is 20.9 Å². The molecule has 0 atom stereocenters. The van der Waals surface area contributed by atoms with Crippen LogP contribution in [0.15, 0.2) is 33.6 Å². The fraction of sp³-hybridized carbons (Fsp3) is 0.143. The van der Waals surface area contributed by atoms with Gasteiger partial charge in [0.15, 0.2) is 29.0 Å². The van der Waals surface area contributed by atoms with Gasteiger partial charge in [-0.1, -0.05) is 0 Å². The zero-order chi connectivity index (χ0) is 18.1. The molecule has 0 heterocycles. The van der Waals surface area contributed by atoms with Crippen LogP contribution in [0.1, 0.15) is 0 Å². The third-order valence-electron chi connectivity index (χ3n) is 3.01. The van der Waals surface area contributed by atoms with Gasteiger partial charge in [0.25, 0.3) is 10.0 Å². The molecule has 24 heavy (non-hydrogen) atoms. The van der Waals surface area contributed by atoms with Crippen molar-refractivity contribution in [2.75, 3.05) is 18.9 Å². The smallest absolute Gasteiger partial charge is 0.263 e. The van der Waals surface area contributed by atoms with E-state index in [1.807, 2.05) is 4.72 Å². The molecule has 10 heteroatoms. The Morgan fingerprint density at radius 1 is 1.00 bits per heavy atom. The molecular weight excluding hydrogens is 415 g/mol. The third kappa shape index (κ3) is 3.44. The Labute approximate surface area is 144 Å². The highest BCUT2D eigenvalue weighted by molar-refractivity contribution is 9.10. The number of benzene rings is 2. The summed E-state index contributed by atoms with van der Waals surface area (Å²) in [6.07, 6.45) is 0. The lowest BCUT2D eigenvalue weighted by Crippen LogP contribution is -2.15. The maximum atomic E-state index is 13.7. The Kier molecular flexibility index (Phi) is 5.29. The Bertz CT molecular complexity index is 890. The molecule has 2 rings (SSSR count). The molecule has 1 N–H and O–H groups in total. The number of anilines is 1. The number of sulfonamides is 1. The van der Waals surface area contributed by atoms with E-state index in [1.165, 1.54) is 20.3 Å². The van der Waals surface area contributed by atoms with E-state index < -0.39 is 33.2 Å². The molecule has 0 aliphatic heterocycles. The molecule has 0 aromatic heterocycles. The quantitative estimate of drug-likeness (QED) is 0.742. The van der Waals surface area contributed by atoms with Crippen LogP contribution in [-0.2, 0) is 10.0 Å². The highest BCUT2D eigenvalue weighted by atomic mass is 79.9. The first-order valence-electron chi connectivity index (χ1n) is 6.29. The van der Waals surface area contributed by atoms with Crippen LogP contribution in [0.3, 0.4) is 0 Å². The van der Waals surface area contributed by atoms with Gasteiger partial charge in [-0.25, -0.2) is 21.6 Å². The number of rotatable bonds is 5. The van der Waals surface area contributed by atoms with Crippen LogP contribution < -0.4 is 14.2 Å². The van der Waals surface area contributed by atoms with E-state index in [1.54, 1.807) is 0 Å². The molecule has 0 aliphatic carbocycles. The Balaban J connectivity index is 2.50. The molecule has 2 aromatic rings. The van der Waals surface area contributed by atoms with E-state index in [0.717, 1.165) is 12.1 Å². The summed E-state index contributed by atoms with van der Waals surface area (Å²) in [5.41, 5.74) is -0.726. The second kappa shape index (κ2) is 6.89. The summed E-state index contributed by atoms with van der Waals surface area (Å²) in [6, 6.07) is 3.87. The molecule has 0 spiro atoms. The second-order valence-electron chi connectivity index (χ2n) is 4.47. The minimum Gasteiger partial charge on any atom is -0.493 e. The van der Waals surface area contributed by atoms with Gasteiger partial charge in [0, 0.05) is 10.5 Å². The van der Waals surface area contributed by atoms with E-state index in [0.29, 0.717) is 6.07 Å². The lowest BCUT2D eigenvalue weighted by molar-refractivity contribution is 0.353. The molecule has 0 saturated carbocycles. The Morgan fingerprint density at radius 2 is 1.58 bits per heavy atom. The van der Waals surface area contributed by atoms with Crippen LogP contribution in [0.2, 0.25) is 0 Å². The van der Waals surface area contributed by atoms with Crippen molar-refractivity contribution >= 4 is 31.6 Å². The number of nitrogens with one attached hydrogen (secondary N) is 1. The molecule has 130 valence electrons. The van der Waals surface area contributed by atoms with Crippen LogP contribution in [0, 0.1) is 17.5 Å². The fourth-order valence-corrected chi connectivity index (χ4v) is 3.94. The molecule has 0 fully saturated rings. The first-order chi connectivity index (χ1) is 11.2. The molecule has 0 radical (unpaired) electrons. The normalized spacial score (nSPS) is 11.2. The Morgan fingerprint density at radius 3 is 2.17 bits per heavy atom. The van der Waals surface area contributed by atoms with Crippen molar-refractivity contribution in [2.45, 2.75) is 4.90 Å². The third-order valence-corrected chi connectivity index (χ3v) is 5.33. The van der Waals surface area contributed by atoms with Gasteiger partial charge in [-0.2, -0.15) is 0 Å². The predicted octanol–water partition coefficient (Wildman–Crippen LogP) is 3.68. The van der Waals surface area contributed by atoms with Gasteiger partial charge in [0.2, 0.25) is 0 Å². The van der Waals surface area contributed by atoms with E-state index in [2.05, 4.69) is 15.9 Å².